The van der Waals surface area contributed by atoms with Crippen molar-refractivity contribution in [2.75, 3.05) is 19.4 Å². The number of rotatable bonds is 6. The van der Waals surface area contributed by atoms with E-state index in [1.807, 2.05) is 28.8 Å². The number of hydrogen-bond acceptors (Lipinski definition) is 5. The molecule has 3 heterocycles. The fraction of sp³-hybridized carbons (Fsp3) is 0.174. The first kappa shape index (κ1) is 18.3. The van der Waals surface area contributed by atoms with Gasteiger partial charge in [0, 0.05) is 11.9 Å². The summed E-state index contributed by atoms with van der Waals surface area (Å²) in [6.45, 7) is 1.55. The molecule has 0 aliphatic heterocycles. The van der Waals surface area contributed by atoms with Crippen molar-refractivity contribution in [2.45, 2.75) is 13.1 Å². The Morgan fingerprint density at radius 1 is 1.10 bits per heavy atom. The molecular formula is C23H23N6O+. The molecule has 0 bridgehead atoms. The summed E-state index contributed by atoms with van der Waals surface area (Å²) in [7, 11) is 4.14. The lowest BCUT2D eigenvalue weighted by Gasteiger charge is -2.10. The van der Waals surface area contributed by atoms with Gasteiger partial charge in [-0.1, -0.05) is 36.4 Å². The maximum Gasteiger partial charge on any atom is 0.325 e. The summed E-state index contributed by atoms with van der Waals surface area (Å²) in [4.78, 5) is 6.83. The number of H-pyrrole nitrogens is 1. The van der Waals surface area contributed by atoms with Gasteiger partial charge in [0.2, 0.25) is 12.0 Å². The van der Waals surface area contributed by atoms with E-state index in [2.05, 4.69) is 69.8 Å². The van der Waals surface area contributed by atoms with Crippen molar-refractivity contribution in [3.05, 3.63) is 78.4 Å². The maximum absolute atomic E-state index is 5.50. The molecule has 0 unspecified atom stereocenters. The van der Waals surface area contributed by atoms with Crippen LogP contribution in [-0.2, 0) is 13.1 Å². The normalized spacial score (nSPS) is 11.6. The minimum Gasteiger partial charge on any atom is -0.464 e. The molecule has 0 spiro atoms. The average Bonchev–Trinajstić information content (AvgIpc) is 3.42. The van der Waals surface area contributed by atoms with E-state index in [4.69, 9.17) is 4.42 Å². The third-order valence-corrected chi connectivity index (χ3v) is 5.17. The fourth-order valence-corrected chi connectivity index (χ4v) is 3.74. The van der Waals surface area contributed by atoms with Gasteiger partial charge in [0.05, 0.1) is 24.6 Å². The molecule has 5 aromatic rings. The average molecular weight is 399 g/mol. The van der Waals surface area contributed by atoms with Gasteiger partial charge >= 0.3 is 5.95 Å². The highest BCUT2D eigenvalue weighted by Gasteiger charge is 2.16. The molecule has 0 aliphatic carbocycles. The second kappa shape index (κ2) is 7.61. The largest absolute Gasteiger partial charge is 0.464 e. The van der Waals surface area contributed by atoms with E-state index in [1.54, 1.807) is 12.6 Å². The lowest BCUT2D eigenvalue weighted by Crippen LogP contribution is -2.27. The van der Waals surface area contributed by atoms with Crippen LogP contribution in [0.2, 0.25) is 0 Å². The minimum atomic E-state index is 0.635. The van der Waals surface area contributed by atoms with Gasteiger partial charge in [-0.3, -0.25) is 0 Å². The van der Waals surface area contributed by atoms with E-state index >= 15 is 0 Å². The molecule has 0 aliphatic rings. The zero-order chi connectivity index (χ0) is 20.5. The van der Waals surface area contributed by atoms with Crippen molar-refractivity contribution in [2.24, 2.45) is 0 Å². The summed E-state index contributed by atoms with van der Waals surface area (Å²) in [6, 6.07) is 16.6. The van der Waals surface area contributed by atoms with Crippen molar-refractivity contribution in [1.29, 1.82) is 0 Å². The van der Waals surface area contributed by atoms with Crippen LogP contribution >= 0.6 is 0 Å². The summed E-state index contributed by atoms with van der Waals surface area (Å²) >= 11 is 0. The highest BCUT2D eigenvalue weighted by molar-refractivity contribution is 5.81. The van der Waals surface area contributed by atoms with Crippen LogP contribution in [-0.4, -0.2) is 34.2 Å². The fourth-order valence-electron chi connectivity index (χ4n) is 3.74. The zero-order valence-electron chi connectivity index (χ0n) is 17.0. The van der Waals surface area contributed by atoms with Gasteiger partial charge in [-0.05, 0) is 48.0 Å². The molecule has 3 aromatic heterocycles. The Morgan fingerprint density at radius 3 is 2.80 bits per heavy atom. The highest BCUT2D eigenvalue weighted by Crippen LogP contribution is 2.23. The van der Waals surface area contributed by atoms with Crippen LogP contribution in [0, 0.1) is 0 Å². The van der Waals surface area contributed by atoms with Crippen molar-refractivity contribution < 1.29 is 8.82 Å². The Balaban J connectivity index is 1.43. The lowest BCUT2D eigenvalue weighted by atomic mass is 10.1. The lowest BCUT2D eigenvalue weighted by molar-refractivity contribution is -0.499. The van der Waals surface area contributed by atoms with Gasteiger partial charge in [-0.25, -0.2) is 0 Å². The first-order valence-corrected chi connectivity index (χ1v) is 9.86. The van der Waals surface area contributed by atoms with Crippen LogP contribution in [0.15, 0.2) is 71.7 Å². The molecule has 0 radical (unpaired) electrons. The SMILES string of the molecule is CN(C)Cc1ccc(-c2cnc(NCc3cccc4occc34)[n+]3cn[nH]c23)cc1. The molecule has 0 saturated carbocycles. The number of benzene rings is 2. The number of fused-ring (bicyclic) bond motifs is 2. The van der Waals surface area contributed by atoms with E-state index in [1.165, 1.54) is 5.56 Å². The van der Waals surface area contributed by atoms with Gasteiger partial charge in [0.25, 0.3) is 0 Å². The van der Waals surface area contributed by atoms with E-state index in [0.29, 0.717) is 6.54 Å². The molecule has 150 valence electrons. The van der Waals surface area contributed by atoms with Crippen LogP contribution < -0.4 is 9.72 Å². The Bertz CT molecular complexity index is 1300. The number of nitrogens with one attached hydrogen (secondary N) is 2. The zero-order valence-corrected chi connectivity index (χ0v) is 17.0. The third-order valence-electron chi connectivity index (χ3n) is 5.17. The van der Waals surface area contributed by atoms with Crippen molar-refractivity contribution in [3.63, 3.8) is 0 Å². The molecule has 5 rings (SSSR count). The molecule has 7 heteroatoms. The van der Waals surface area contributed by atoms with Crippen LogP contribution in [0.3, 0.4) is 0 Å². The second-order valence-corrected chi connectivity index (χ2v) is 7.61. The predicted octanol–water partition coefficient (Wildman–Crippen LogP) is 3.63. The van der Waals surface area contributed by atoms with Gasteiger partial charge in [-0.15, -0.1) is 4.98 Å². The monoisotopic (exact) mass is 399 g/mol. The minimum absolute atomic E-state index is 0.635. The van der Waals surface area contributed by atoms with Crippen LogP contribution in [0.25, 0.3) is 27.7 Å². The second-order valence-electron chi connectivity index (χ2n) is 7.61. The van der Waals surface area contributed by atoms with E-state index in [0.717, 1.165) is 45.8 Å². The quantitative estimate of drug-likeness (QED) is 0.427. The maximum atomic E-state index is 5.50. The van der Waals surface area contributed by atoms with Crippen molar-refractivity contribution in [3.8, 4) is 11.1 Å². The number of furan rings is 1. The van der Waals surface area contributed by atoms with Crippen LogP contribution in [0.5, 0.6) is 0 Å². The Kier molecular flexibility index (Phi) is 4.65. The molecule has 0 amide bonds. The van der Waals surface area contributed by atoms with Gasteiger partial charge in [0.15, 0.2) is 0 Å². The smallest absolute Gasteiger partial charge is 0.325 e. The van der Waals surface area contributed by atoms with Crippen molar-refractivity contribution >= 4 is 22.6 Å². The highest BCUT2D eigenvalue weighted by atomic mass is 16.3. The van der Waals surface area contributed by atoms with Gasteiger partial charge < -0.3 is 14.6 Å². The van der Waals surface area contributed by atoms with Crippen LogP contribution in [0.1, 0.15) is 11.1 Å². The standard InChI is InChI=1S/C23H22N6O/c1-28(2)14-16-6-8-17(9-7-16)20-13-25-23(29-15-26-27-22(20)29)24-12-18-4-3-5-21-19(18)10-11-30-21/h3-11,13,15H,12,14H2,1-2H3,(H,24,25,27)/p+1. The number of aromatic nitrogens is 4. The molecule has 30 heavy (non-hydrogen) atoms. The molecule has 2 aromatic carbocycles. The third kappa shape index (κ3) is 3.40. The molecule has 0 fully saturated rings. The van der Waals surface area contributed by atoms with E-state index in [-0.39, 0.29) is 0 Å². The van der Waals surface area contributed by atoms with E-state index in [9.17, 15) is 0 Å². The Morgan fingerprint density at radius 2 is 1.97 bits per heavy atom. The summed E-state index contributed by atoms with van der Waals surface area (Å²) in [6.07, 6.45) is 5.34. The molecule has 0 saturated heterocycles. The first-order valence-electron chi connectivity index (χ1n) is 9.86. The summed E-state index contributed by atoms with van der Waals surface area (Å²) in [5.74, 6) is 0.729. The predicted molar refractivity (Wildman–Crippen MR) is 116 cm³/mol. The molecular weight excluding hydrogens is 376 g/mol. The van der Waals surface area contributed by atoms with Gasteiger partial charge in [0.1, 0.15) is 5.58 Å². The number of anilines is 1. The Hall–Kier alpha value is -3.71. The number of hydrogen-bond donors (Lipinski definition) is 2. The number of nitrogens with zero attached hydrogens (tertiary/aromatic N) is 4. The molecule has 0 atom stereocenters. The Labute approximate surface area is 174 Å². The van der Waals surface area contributed by atoms with Crippen molar-refractivity contribution in [1.82, 2.24) is 20.1 Å². The molecule has 7 nitrogen and oxygen atoms in total. The van der Waals surface area contributed by atoms with Gasteiger partial charge in [-0.2, -0.15) is 9.50 Å². The molecule has 2 N–H and O–H groups in total. The van der Waals surface area contributed by atoms with Crippen LogP contribution in [0.4, 0.5) is 5.95 Å². The summed E-state index contributed by atoms with van der Waals surface area (Å²) in [5.41, 5.74) is 6.32. The topological polar surface area (TPSA) is 74.1 Å². The number of aromatic amines is 1. The van der Waals surface area contributed by atoms with E-state index < -0.39 is 0 Å². The summed E-state index contributed by atoms with van der Waals surface area (Å²) < 4.78 is 7.44. The summed E-state index contributed by atoms with van der Waals surface area (Å²) in [5, 5.41) is 11.9. The first-order chi connectivity index (χ1) is 14.7.